The molecule has 5 heteroatoms. The molecule has 0 fully saturated rings. The molecule has 1 amide bonds. The van der Waals surface area contributed by atoms with E-state index in [0.29, 0.717) is 0 Å². The Labute approximate surface area is 171 Å². The number of amides is 1. The van der Waals surface area contributed by atoms with Crippen LogP contribution in [-0.2, 0) is 16.9 Å². The summed E-state index contributed by atoms with van der Waals surface area (Å²) in [6.07, 6.45) is 3.09. The van der Waals surface area contributed by atoms with Crippen LogP contribution in [0, 0.1) is 0 Å². The summed E-state index contributed by atoms with van der Waals surface area (Å²) in [5.41, 5.74) is 2.69. The van der Waals surface area contributed by atoms with E-state index in [2.05, 4.69) is 10.3 Å². The number of fused-ring (bicyclic) bond motifs is 1. The number of nitrogens with zero attached hydrogens (tertiary/aromatic N) is 1. The first-order chi connectivity index (χ1) is 13.6. The number of hydrogen-bond acceptors (Lipinski definition) is 4. The molecular weight excluding hydrogens is 364 g/mol. The zero-order valence-electron chi connectivity index (χ0n) is 17.6. The van der Waals surface area contributed by atoms with Crippen LogP contribution in [0.4, 0.5) is 4.79 Å². The summed E-state index contributed by atoms with van der Waals surface area (Å²) < 4.78 is 5.38. The van der Waals surface area contributed by atoms with Crippen LogP contribution < -0.4 is 5.32 Å². The van der Waals surface area contributed by atoms with Crippen LogP contribution in [-0.4, -0.2) is 21.8 Å². The largest absolute Gasteiger partial charge is 0.444 e. The summed E-state index contributed by atoms with van der Waals surface area (Å²) in [7, 11) is 0. The first kappa shape index (κ1) is 20.8. The van der Waals surface area contributed by atoms with Gasteiger partial charge in [0.2, 0.25) is 0 Å². The minimum absolute atomic E-state index is 0.0515. The fraction of sp³-hybridized carbons (Fsp3) is 0.333. The van der Waals surface area contributed by atoms with Crippen molar-refractivity contribution in [3.8, 4) is 11.1 Å². The molecule has 0 aliphatic heterocycles. The Balaban J connectivity index is 1.89. The molecule has 3 rings (SSSR count). The molecule has 0 atom stereocenters. The van der Waals surface area contributed by atoms with Gasteiger partial charge in [-0.25, -0.2) is 4.79 Å². The monoisotopic (exact) mass is 392 g/mol. The summed E-state index contributed by atoms with van der Waals surface area (Å²) >= 11 is 0. The predicted molar refractivity (Wildman–Crippen MR) is 115 cm³/mol. The third-order valence-electron chi connectivity index (χ3n) is 4.82. The van der Waals surface area contributed by atoms with Crippen molar-refractivity contribution in [2.24, 2.45) is 0 Å². The molecule has 3 aromatic rings. The summed E-state index contributed by atoms with van der Waals surface area (Å²) in [5, 5.41) is 14.9. The number of alkyl carbamates (subject to hydrolysis) is 1. The Kier molecular flexibility index (Phi) is 5.62. The van der Waals surface area contributed by atoms with E-state index in [0.717, 1.165) is 33.0 Å². The molecule has 0 bridgehead atoms. The molecule has 0 spiro atoms. The highest BCUT2D eigenvalue weighted by atomic mass is 16.6. The average Bonchev–Trinajstić information content (AvgIpc) is 2.65. The number of aliphatic hydroxyl groups is 1. The first-order valence-corrected chi connectivity index (χ1v) is 9.69. The summed E-state index contributed by atoms with van der Waals surface area (Å²) in [4.78, 5) is 16.3. The van der Waals surface area contributed by atoms with Gasteiger partial charge in [0.1, 0.15) is 5.60 Å². The van der Waals surface area contributed by atoms with Gasteiger partial charge < -0.3 is 15.2 Å². The van der Waals surface area contributed by atoms with Crippen molar-refractivity contribution in [1.82, 2.24) is 10.3 Å². The minimum Gasteiger partial charge on any atom is -0.444 e. The van der Waals surface area contributed by atoms with Crippen LogP contribution in [0.5, 0.6) is 0 Å². The number of carbonyl (C=O) groups excluding carboxylic acids is 1. The molecule has 2 aromatic carbocycles. The molecule has 29 heavy (non-hydrogen) atoms. The lowest BCUT2D eigenvalue weighted by Crippen LogP contribution is -2.43. The van der Waals surface area contributed by atoms with E-state index in [-0.39, 0.29) is 6.61 Å². The number of pyridine rings is 1. The van der Waals surface area contributed by atoms with Gasteiger partial charge in [-0.2, -0.15) is 0 Å². The summed E-state index contributed by atoms with van der Waals surface area (Å²) in [5.74, 6) is 0. The lowest BCUT2D eigenvalue weighted by Gasteiger charge is -2.29. The highest BCUT2D eigenvalue weighted by Gasteiger charge is 2.26. The SMILES string of the molecule is CC(C)(C)OC(=O)NC(C)(C)c1ccc(-c2ccc3cnccc3c2CO)cc1. The lowest BCUT2D eigenvalue weighted by molar-refractivity contribution is 0.0470. The van der Waals surface area contributed by atoms with Gasteiger partial charge in [-0.15, -0.1) is 0 Å². The molecule has 1 aromatic heterocycles. The molecule has 5 nitrogen and oxygen atoms in total. The van der Waals surface area contributed by atoms with Crippen molar-refractivity contribution >= 4 is 16.9 Å². The van der Waals surface area contributed by atoms with E-state index < -0.39 is 17.2 Å². The van der Waals surface area contributed by atoms with Crippen LogP contribution >= 0.6 is 0 Å². The van der Waals surface area contributed by atoms with Crippen molar-refractivity contribution < 1.29 is 14.6 Å². The third-order valence-corrected chi connectivity index (χ3v) is 4.82. The number of aliphatic hydroxyl groups excluding tert-OH is 1. The van der Waals surface area contributed by atoms with E-state index in [4.69, 9.17) is 4.74 Å². The second kappa shape index (κ2) is 7.84. The molecule has 152 valence electrons. The number of hydrogen-bond donors (Lipinski definition) is 2. The summed E-state index contributed by atoms with van der Waals surface area (Å²) in [6.45, 7) is 9.35. The van der Waals surface area contributed by atoms with Crippen LogP contribution in [0.1, 0.15) is 45.7 Å². The number of nitrogens with one attached hydrogen (secondary N) is 1. The second-order valence-corrected chi connectivity index (χ2v) is 8.68. The van der Waals surface area contributed by atoms with Gasteiger partial charge in [-0.1, -0.05) is 36.4 Å². The number of benzene rings is 2. The van der Waals surface area contributed by atoms with Crippen molar-refractivity contribution in [3.63, 3.8) is 0 Å². The highest BCUT2D eigenvalue weighted by molar-refractivity contribution is 5.91. The Morgan fingerprint density at radius 3 is 2.34 bits per heavy atom. The van der Waals surface area contributed by atoms with Gasteiger partial charge in [0.15, 0.2) is 0 Å². The maximum absolute atomic E-state index is 12.2. The zero-order chi connectivity index (χ0) is 21.2. The van der Waals surface area contributed by atoms with Crippen LogP contribution in [0.2, 0.25) is 0 Å². The molecule has 1 heterocycles. The lowest BCUT2D eigenvalue weighted by atomic mass is 9.90. The maximum Gasteiger partial charge on any atom is 0.408 e. The fourth-order valence-electron chi connectivity index (χ4n) is 3.37. The normalized spacial score (nSPS) is 12.1. The third kappa shape index (κ3) is 4.74. The maximum atomic E-state index is 12.2. The van der Waals surface area contributed by atoms with Gasteiger partial charge in [-0.3, -0.25) is 4.98 Å². The Morgan fingerprint density at radius 2 is 1.72 bits per heavy atom. The Bertz CT molecular complexity index is 1020. The molecular formula is C24H28N2O3. The second-order valence-electron chi connectivity index (χ2n) is 8.68. The summed E-state index contributed by atoms with van der Waals surface area (Å²) in [6, 6.07) is 13.9. The van der Waals surface area contributed by atoms with Gasteiger partial charge in [0.25, 0.3) is 0 Å². The van der Waals surface area contributed by atoms with Crippen molar-refractivity contribution in [3.05, 3.63) is 66.0 Å². The quantitative estimate of drug-likeness (QED) is 0.644. The van der Waals surface area contributed by atoms with Crippen LogP contribution in [0.15, 0.2) is 54.9 Å². The van der Waals surface area contributed by atoms with E-state index in [1.54, 1.807) is 12.4 Å². The zero-order valence-corrected chi connectivity index (χ0v) is 17.6. The molecule has 0 aliphatic rings. The van der Waals surface area contributed by atoms with Gasteiger partial charge in [0.05, 0.1) is 12.1 Å². The van der Waals surface area contributed by atoms with Crippen molar-refractivity contribution in [2.75, 3.05) is 0 Å². The highest BCUT2D eigenvalue weighted by Crippen LogP contribution is 2.31. The molecule has 0 radical (unpaired) electrons. The van der Waals surface area contributed by atoms with Gasteiger partial charge >= 0.3 is 6.09 Å². The molecule has 0 unspecified atom stereocenters. The molecule has 2 N–H and O–H groups in total. The predicted octanol–water partition coefficient (Wildman–Crippen LogP) is 5.15. The Morgan fingerprint density at radius 1 is 1.03 bits per heavy atom. The van der Waals surface area contributed by atoms with E-state index in [1.165, 1.54) is 0 Å². The van der Waals surface area contributed by atoms with Gasteiger partial charge in [0, 0.05) is 17.8 Å². The number of rotatable bonds is 4. The molecule has 0 aliphatic carbocycles. The van der Waals surface area contributed by atoms with Gasteiger partial charge in [-0.05, 0) is 68.3 Å². The number of ether oxygens (including phenoxy) is 1. The topological polar surface area (TPSA) is 71.5 Å². The standard InChI is InChI=1S/C24H28N2O3/c1-23(2,3)29-22(28)26-24(4,5)18-9-6-16(7-10-18)19-11-8-17-14-25-13-12-20(17)21(19)15-27/h6-14,27H,15H2,1-5H3,(H,26,28). The van der Waals surface area contributed by atoms with E-state index in [9.17, 15) is 9.90 Å². The van der Waals surface area contributed by atoms with Crippen molar-refractivity contribution in [1.29, 1.82) is 0 Å². The first-order valence-electron chi connectivity index (χ1n) is 9.69. The molecule has 0 saturated carbocycles. The molecule has 0 saturated heterocycles. The van der Waals surface area contributed by atoms with Crippen LogP contribution in [0.3, 0.4) is 0 Å². The van der Waals surface area contributed by atoms with Crippen LogP contribution in [0.25, 0.3) is 21.9 Å². The number of aromatic nitrogens is 1. The minimum atomic E-state index is -0.588. The van der Waals surface area contributed by atoms with E-state index >= 15 is 0 Å². The fourth-order valence-corrected chi connectivity index (χ4v) is 3.37. The smallest absolute Gasteiger partial charge is 0.408 e. The van der Waals surface area contributed by atoms with E-state index in [1.807, 2.05) is 77.1 Å². The Hall–Kier alpha value is -2.92. The average molecular weight is 392 g/mol. The number of carbonyl (C=O) groups is 1. The van der Waals surface area contributed by atoms with Crippen molar-refractivity contribution in [2.45, 2.75) is 52.4 Å².